The van der Waals surface area contributed by atoms with Crippen LogP contribution in [0.2, 0.25) is 0 Å². The van der Waals surface area contributed by atoms with Gasteiger partial charge in [0.25, 0.3) is 0 Å². The number of aryl methyl sites for hydroxylation is 4. The minimum atomic E-state index is -0.275. The quantitative estimate of drug-likeness (QED) is 0.420. The average molecular weight is 433 g/mol. The van der Waals surface area contributed by atoms with E-state index in [-0.39, 0.29) is 30.5 Å². The fourth-order valence-electron chi connectivity index (χ4n) is 3.49. The van der Waals surface area contributed by atoms with Crippen LogP contribution in [0.25, 0.3) is 16.2 Å². The zero-order chi connectivity index (χ0) is 22.1. The Balaban J connectivity index is 1.44. The van der Waals surface area contributed by atoms with Gasteiger partial charge < -0.3 is 0 Å². The molecule has 31 heavy (non-hydrogen) atoms. The van der Waals surface area contributed by atoms with E-state index in [0.29, 0.717) is 10.5 Å². The minimum absolute atomic E-state index is 0.0471. The van der Waals surface area contributed by atoms with Crippen LogP contribution in [0.15, 0.2) is 41.8 Å². The van der Waals surface area contributed by atoms with Gasteiger partial charge in [0, 0.05) is 29.3 Å². The summed E-state index contributed by atoms with van der Waals surface area (Å²) in [6.45, 7) is 8.11. The third-order valence-electron chi connectivity index (χ3n) is 5.40. The number of carbonyl (C=O) groups is 2. The molecule has 4 rings (SSSR count). The van der Waals surface area contributed by atoms with Crippen molar-refractivity contribution in [2.45, 2.75) is 40.5 Å². The molecule has 0 unspecified atom stereocenters. The Bertz CT molecular complexity index is 1300. The van der Waals surface area contributed by atoms with E-state index in [0.717, 1.165) is 27.9 Å². The lowest BCUT2D eigenvalue weighted by Crippen LogP contribution is -2.14. The number of amides is 1. The van der Waals surface area contributed by atoms with Crippen molar-refractivity contribution < 1.29 is 9.59 Å². The predicted molar refractivity (Wildman–Crippen MR) is 124 cm³/mol. The first-order valence-electron chi connectivity index (χ1n) is 10.1. The van der Waals surface area contributed by atoms with E-state index >= 15 is 0 Å². The second kappa shape index (κ2) is 8.43. The van der Waals surface area contributed by atoms with Crippen LogP contribution in [0.5, 0.6) is 0 Å². The van der Waals surface area contributed by atoms with Gasteiger partial charge in [0.2, 0.25) is 16.8 Å². The Kier molecular flexibility index (Phi) is 5.69. The van der Waals surface area contributed by atoms with Crippen molar-refractivity contribution in [3.05, 3.63) is 69.6 Å². The maximum Gasteiger partial charge on any atom is 0.250 e. The molecule has 6 nitrogen and oxygen atoms in total. The number of carbonyl (C=O) groups excluding carboxylic acids is 2. The van der Waals surface area contributed by atoms with Crippen molar-refractivity contribution in [2.75, 3.05) is 5.32 Å². The maximum atomic E-state index is 12.4. The zero-order valence-corrected chi connectivity index (χ0v) is 18.8. The number of nitrogens with one attached hydrogen (secondary N) is 1. The highest BCUT2D eigenvalue weighted by atomic mass is 32.1. The molecule has 0 bridgehead atoms. The molecular formula is C24H24N4O2S. The summed E-state index contributed by atoms with van der Waals surface area (Å²) in [7, 11) is 0. The van der Waals surface area contributed by atoms with Crippen molar-refractivity contribution in [1.82, 2.24) is 14.6 Å². The standard InChI is InChI=1S/C24H24N4O2S/c1-14-5-8-19(17(4)11-14)20-13-31-24-26-23(27-28(20)24)25-22(30)10-9-21(29)18-7-6-15(2)16(3)12-18/h5-8,11-13H,9-10H2,1-4H3,(H,25,27,30). The van der Waals surface area contributed by atoms with E-state index in [1.807, 2.05) is 37.4 Å². The van der Waals surface area contributed by atoms with Crippen LogP contribution < -0.4 is 5.32 Å². The number of ketones is 1. The first-order valence-corrected chi connectivity index (χ1v) is 11.0. The van der Waals surface area contributed by atoms with Crippen LogP contribution in [-0.4, -0.2) is 26.3 Å². The lowest BCUT2D eigenvalue weighted by molar-refractivity contribution is -0.116. The van der Waals surface area contributed by atoms with Gasteiger partial charge in [0.1, 0.15) is 0 Å². The van der Waals surface area contributed by atoms with Crippen molar-refractivity contribution >= 4 is 33.9 Å². The van der Waals surface area contributed by atoms with Crippen molar-refractivity contribution in [3.63, 3.8) is 0 Å². The van der Waals surface area contributed by atoms with E-state index in [4.69, 9.17) is 0 Å². The maximum absolute atomic E-state index is 12.4. The molecule has 2 aromatic carbocycles. The topological polar surface area (TPSA) is 76.4 Å². The molecule has 2 heterocycles. The lowest BCUT2D eigenvalue weighted by atomic mass is 10.0. The highest BCUT2D eigenvalue weighted by molar-refractivity contribution is 7.15. The number of fused-ring (bicyclic) bond motifs is 1. The molecule has 4 aromatic rings. The summed E-state index contributed by atoms with van der Waals surface area (Å²) in [5.74, 6) is -0.0702. The summed E-state index contributed by atoms with van der Waals surface area (Å²) in [6.07, 6.45) is 0.229. The molecule has 0 spiro atoms. The van der Waals surface area contributed by atoms with Crippen molar-refractivity contribution in [2.24, 2.45) is 0 Å². The molecule has 2 aromatic heterocycles. The Morgan fingerprint density at radius 2 is 1.77 bits per heavy atom. The summed E-state index contributed by atoms with van der Waals surface area (Å²) in [5.41, 5.74) is 7.22. The Morgan fingerprint density at radius 1 is 0.968 bits per heavy atom. The number of aromatic nitrogens is 3. The van der Waals surface area contributed by atoms with E-state index in [2.05, 4.69) is 47.4 Å². The number of hydrogen-bond donors (Lipinski definition) is 1. The van der Waals surface area contributed by atoms with Gasteiger partial charge in [-0.3, -0.25) is 14.9 Å². The summed E-state index contributed by atoms with van der Waals surface area (Å²) in [6, 6.07) is 11.9. The average Bonchev–Trinajstić information content (AvgIpc) is 3.29. The number of nitrogens with zero attached hydrogens (tertiary/aromatic N) is 3. The molecule has 0 aliphatic rings. The lowest BCUT2D eigenvalue weighted by Gasteiger charge is -2.05. The van der Waals surface area contributed by atoms with E-state index in [1.165, 1.54) is 16.9 Å². The monoisotopic (exact) mass is 432 g/mol. The predicted octanol–water partition coefficient (Wildman–Crippen LogP) is 5.29. The van der Waals surface area contributed by atoms with Crippen LogP contribution in [0, 0.1) is 27.7 Å². The Labute approximate surface area is 185 Å². The first-order chi connectivity index (χ1) is 14.8. The van der Waals surface area contributed by atoms with Gasteiger partial charge in [0.05, 0.1) is 5.69 Å². The largest absolute Gasteiger partial charge is 0.294 e. The fraction of sp³-hybridized carbons (Fsp3) is 0.250. The molecule has 0 fully saturated rings. The molecule has 0 saturated carbocycles. The van der Waals surface area contributed by atoms with Crippen molar-refractivity contribution in [1.29, 1.82) is 0 Å². The smallest absolute Gasteiger partial charge is 0.250 e. The molecule has 1 N–H and O–H groups in total. The third-order valence-corrected chi connectivity index (χ3v) is 6.21. The number of Topliss-reactive ketones (excluding diaryl/α,β-unsaturated/α-hetero) is 1. The van der Waals surface area contributed by atoms with Crippen LogP contribution >= 0.6 is 11.3 Å². The number of rotatable bonds is 6. The highest BCUT2D eigenvalue weighted by Crippen LogP contribution is 2.29. The van der Waals surface area contributed by atoms with Crippen LogP contribution in [0.1, 0.15) is 45.5 Å². The summed E-state index contributed by atoms with van der Waals surface area (Å²) < 4.78 is 1.75. The summed E-state index contributed by atoms with van der Waals surface area (Å²) in [4.78, 5) is 29.9. The normalized spacial score (nSPS) is 11.1. The van der Waals surface area contributed by atoms with Gasteiger partial charge in [-0.15, -0.1) is 16.4 Å². The number of benzene rings is 2. The zero-order valence-electron chi connectivity index (χ0n) is 18.0. The molecule has 0 radical (unpaired) electrons. The highest BCUT2D eigenvalue weighted by Gasteiger charge is 2.16. The van der Waals surface area contributed by atoms with E-state index < -0.39 is 0 Å². The Hall–Kier alpha value is -3.32. The van der Waals surface area contributed by atoms with Gasteiger partial charge >= 0.3 is 0 Å². The van der Waals surface area contributed by atoms with Gasteiger partial charge in [-0.2, -0.15) is 4.98 Å². The van der Waals surface area contributed by atoms with Gasteiger partial charge in [-0.1, -0.05) is 35.9 Å². The molecule has 0 aliphatic heterocycles. The second-order valence-electron chi connectivity index (χ2n) is 7.84. The van der Waals surface area contributed by atoms with Crippen LogP contribution in [0.3, 0.4) is 0 Å². The number of anilines is 1. The van der Waals surface area contributed by atoms with Crippen LogP contribution in [0.4, 0.5) is 5.95 Å². The van der Waals surface area contributed by atoms with Crippen LogP contribution in [-0.2, 0) is 4.79 Å². The third kappa shape index (κ3) is 4.41. The molecule has 0 aliphatic carbocycles. The summed E-state index contributed by atoms with van der Waals surface area (Å²) >= 11 is 1.47. The molecule has 1 amide bonds. The molecule has 0 atom stereocenters. The van der Waals surface area contributed by atoms with Gasteiger partial charge in [-0.05, 0) is 50.5 Å². The first kappa shape index (κ1) is 20.9. The number of thiazole rings is 1. The van der Waals surface area contributed by atoms with E-state index in [9.17, 15) is 9.59 Å². The van der Waals surface area contributed by atoms with Gasteiger partial charge in [0.15, 0.2) is 5.78 Å². The Morgan fingerprint density at radius 3 is 2.52 bits per heavy atom. The minimum Gasteiger partial charge on any atom is -0.294 e. The molecule has 158 valence electrons. The molecular weight excluding hydrogens is 408 g/mol. The SMILES string of the molecule is Cc1ccc(-c2csc3nc(NC(=O)CCC(=O)c4ccc(C)c(C)c4)nn23)c(C)c1. The van der Waals surface area contributed by atoms with Gasteiger partial charge in [-0.25, -0.2) is 4.52 Å². The van der Waals surface area contributed by atoms with E-state index in [1.54, 1.807) is 4.52 Å². The second-order valence-corrected chi connectivity index (χ2v) is 8.68. The molecule has 7 heteroatoms. The van der Waals surface area contributed by atoms with Crippen molar-refractivity contribution in [3.8, 4) is 11.3 Å². The molecule has 0 saturated heterocycles. The summed E-state index contributed by atoms with van der Waals surface area (Å²) in [5, 5.41) is 9.19. The number of hydrogen-bond acceptors (Lipinski definition) is 5. The fourth-order valence-corrected chi connectivity index (χ4v) is 4.32.